The first-order chi connectivity index (χ1) is 7.00. The van der Waals surface area contributed by atoms with Crippen molar-refractivity contribution < 1.29 is 8.42 Å². The highest BCUT2D eigenvalue weighted by Gasteiger charge is 2.24. The van der Waals surface area contributed by atoms with Gasteiger partial charge >= 0.3 is 0 Å². The van der Waals surface area contributed by atoms with E-state index in [4.69, 9.17) is 10.7 Å². The van der Waals surface area contributed by atoms with E-state index >= 15 is 0 Å². The lowest BCUT2D eigenvalue weighted by Crippen LogP contribution is -2.08. The number of rotatable bonds is 2. The topological polar surface area (TPSA) is 52.0 Å². The van der Waals surface area contributed by atoms with Gasteiger partial charge in [-0.05, 0) is 19.8 Å². The van der Waals surface area contributed by atoms with Crippen molar-refractivity contribution in [1.29, 1.82) is 0 Å². The van der Waals surface area contributed by atoms with Crippen molar-refractivity contribution in [2.24, 2.45) is 0 Å². The minimum Gasteiger partial charge on any atom is -0.265 e. The Morgan fingerprint density at radius 1 is 1.47 bits per heavy atom. The molecule has 0 spiro atoms. The van der Waals surface area contributed by atoms with E-state index in [0.717, 1.165) is 12.8 Å². The quantitative estimate of drug-likeness (QED) is 0.755. The van der Waals surface area contributed by atoms with Crippen LogP contribution in [0.4, 0.5) is 0 Å². The van der Waals surface area contributed by atoms with E-state index in [1.807, 2.05) is 0 Å². The van der Waals surface area contributed by atoms with E-state index in [0.29, 0.717) is 11.7 Å². The second kappa shape index (κ2) is 3.79. The van der Waals surface area contributed by atoms with Gasteiger partial charge < -0.3 is 0 Å². The summed E-state index contributed by atoms with van der Waals surface area (Å²) in [5.41, 5.74) is 0.650. The Morgan fingerprint density at radius 3 is 2.53 bits per heavy atom. The summed E-state index contributed by atoms with van der Waals surface area (Å²) in [7, 11) is 1.65. The molecule has 6 heteroatoms. The summed E-state index contributed by atoms with van der Waals surface area (Å²) in [6.45, 7) is 1.75. The molecule has 1 fully saturated rings. The molecule has 1 aromatic heterocycles. The summed E-state index contributed by atoms with van der Waals surface area (Å²) in [6, 6.07) is 0.345. The minimum absolute atomic E-state index is 0.135. The van der Waals surface area contributed by atoms with Crippen LogP contribution in [0, 0.1) is 6.92 Å². The van der Waals surface area contributed by atoms with Crippen molar-refractivity contribution in [1.82, 2.24) is 9.78 Å². The van der Waals surface area contributed by atoms with Gasteiger partial charge in [0.05, 0.1) is 17.9 Å². The summed E-state index contributed by atoms with van der Waals surface area (Å²) in [4.78, 5) is 0.135. The van der Waals surface area contributed by atoms with E-state index in [1.165, 1.54) is 19.0 Å². The Morgan fingerprint density at radius 2 is 2.07 bits per heavy atom. The molecule has 0 bridgehead atoms. The number of hydrogen-bond acceptors (Lipinski definition) is 3. The van der Waals surface area contributed by atoms with Gasteiger partial charge in [-0.1, -0.05) is 12.8 Å². The molecular formula is C9H13ClN2O2S. The highest BCUT2D eigenvalue weighted by atomic mass is 35.7. The van der Waals surface area contributed by atoms with E-state index in [-0.39, 0.29) is 4.90 Å². The predicted molar refractivity (Wildman–Crippen MR) is 57.5 cm³/mol. The third kappa shape index (κ3) is 2.03. The monoisotopic (exact) mass is 248 g/mol. The fourth-order valence-electron chi connectivity index (χ4n) is 2.16. The standard InChI is InChI=1S/C9H13ClN2O2S/c1-7-9(15(10,13)14)6-11-12(7)8-4-2-3-5-8/h6,8H,2-5H2,1H3. The fraction of sp³-hybridized carbons (Fsp3) is 0.667. The molecular weight excluding hydrogens is 236 g/mol. The molecule has 0 saturated heterocycles. The van der Waals surface area contributed by atoms with Gasteiger partial charge in [0.25, 0.3) is 9.05 Å². The molecule has 84 valence electrons. The number of nitrogens with zero attached hydrogens (tertiary/aromatic N) is 2. The highest BCUT2D eigenvalue weighted by Crippen LogP contribution is 2.31. The van der Waals surface area contributed by atoms with Crippen LogP contribution >= 0.6 is 10.7 Å². The molecule has 0 N–H and O–H groups in total. The van der Waals surface area contributed by atoms with Gasteiger partial charge in [-0.2, -0.15) is 5.10 Å². The maximum Gasteiger partial charge on any atom is 0.264 e. The van der Waals surface area contributed by atoms with Crippen LogP contribution in [0.15, 0.2) is 11.1 Å². The molecule has 0 amide bonds. The molecule has 0 radical (unpaired) electrons. The van der Waals surface area contributed by atoms with Crippen LogP contribution in [-0.4, -0.2) is 18.2 Å². The SMILES string of the molecule is Cc1c(S(=O)(=O)Cl)cnn1C1CCCC1. The van der Waals surface area contributed by atoms with Gasteiger partial charge in [-0.15, -0.1) is 0 Å². The zero-order valence-electron chi connectivity index (χ0n) is 8.48. The first kappa shape index (κ1) is 11.0. The summed E-state index contributed by atoms with van der Waals surface area (Å²) in [5, 5.41) is 4.12. The maximum absolute atomic E-state index is 11.2. The average molecular weight is 249 g/mol. The molecule has 1 aliphatic carbocycles. The van der Waals surface area contributed by atoms with Crippen molar-refractivity contribution in [3.8, 4) is 0 Å². The van der Waals surface area contributed by atoms with Crippen LogP contribution in [0.5, 0.6) is 0 Å². The second-order valence-electron chi connectivity index (χ2n) is 3.91. The molecule has 2 rings (SSSR count). The van der Waals surface area contributed by atoms with Crippen LogP contribution in [0.25, 0.3) is 0 Å². The Balaban J connectivity index is 2.39. The predicted octanol–water partition coefficient (Wildman–Crippen LogP) is 2.23. The number of halogens is 1. The summed E-state index contributed by atoms with van der Waals surface area (Å²) in [5.74, 6) is 0. The van der Waals surface area contributed by atoms with Crippen molar-refractivity contribution >= 4 is 19.7 Å². The van der Waals surface area contributed by atoms with Crippen LogP contribution in [0.1, 0.15) is 37.4 Å². The van der Waals surface area contributed by atoms with Crippen molar-refractivity contribution in [2.75, 3.05) is 0 Å². The Kier molecular flexibility index (Phi) is 2.77. The minimum atomic E-state index is -3.65. The number of hydrogen-bond donors (Lipinski definition) is 0. The fourth-order valence-corrected chi connectivity index (χ4v) is 3.24. The molecule has 1 aromatic rings. The largest absolute Gasteiger partial charge is 0.265 e. The van der Waals surface area contributed by atoms with Crippen LogP contribution in [-0.2, 0) is 9.05 Å². The lowest BCUT2D eigenvalue weighted by atomic mass is 10.2. The third-order valence-corrected chi connectivity index (χ3v) is 4.36. The van der Waals surface area contributed by atoms with Crippen LogP contribution < -0.4 is 0 Å². The Hall–Kier alpha value is -0.550. The molecule has 0 atom stereocenters. The first-order valence-corrected chi connectivity index (χ1v) is 7.30. The Labute approximate surface area is 93.7 Å². The second-order valence-corrected chi connectivity index (χ2v) is 6.45. The third-order valence-electron chi connectivity index (χ3n) is 2.93. The van der Waals surface area contributed by atoms with E-state index in [1.54, 1.807) is 11.6 Å². The molecule has 0 aromatic carbocycles. The number of aromatic nitrogens is 2. The van der Waals surface area contributed by atoms with Crippen molar-refractivity contribution in [3.05, 3.63) is 11.9 Å². The van der Waals surface area contributed by atoms with Crippen molar-refractivity contribution in [3.63, 3.8) is 0 Å². The Bertz CT molecular complexity index is 460. The van der Waals surface area contributed by atoms with Crippen molar-refractivity contribution in [2.45, 2.75) is 43.5 Å². The molecule has 1 heterocycles. The van der Waals surface area contributed by atoms with Gasteiger partial charge in [0.15, 0.2) is 0 Å². The summed E-state index contributed by atoms with van der Waals surface area (Å²) in [6.07, 6.45) is 5.87. The lowest BCUT2D eigenvalue weighted by molar-refractivity contribution is 0.455. The van der Waals surface area contributed by atoms with Gasteiger partial charge in [0, 0.05) is 10.7 Å². The zero-order chi connectivity index (χ0) is 11.1. The first-order valence-electron chi connectivity index (χ1n) is 4.99. The molecule has 1 saturated carbocycles. The van der Waals surface area contributed by atoms with Crippen LogP contribution in [0.2, 0.25) is 0 Å². The molecule has 0 aliphatic heterocycles. The lowest BCUT2D eigenvalue weighted by Gasteiger charge is -2.11. The van der Waals surface area contributed by atoms with Gasteiger partial charge in [-0.3, -0.25) is 4.68 Å². The van der Waals surface area contributed by atoms with Crippen LogP contribution in [0.3, 0.4) is 0 Å². The molecule has 1 aliphatic rings. The summed E-state index contributed by atoms with van der Waals surface area (Å²) < 4.78 is 24.2. The van der Waals surface area contributed by atoms with Gasteiger partial charge in [0.1, 0.15) is 4.90 Å². The summed E-state index contributed by atoms with van der Waals surface area (Å²) >= 11 is 0. The van der Waals surface area contributed by atoms with E-state index in [9.17, 15) is 8.42 Å². The maximum atomic E-state index is 11.2. The normalized spacial score (nSPS) is 18.5. The van der Waals surface area contributed by atoms with Gasteiger partial charge in [0.2, 0.25) is 0 Å². The van der Waals surface area contributed by atoms with E-state index in [2.05, 4.69) is 5.10 Å². The van der Waals surface area contributed by atoms with E-state index < -0.39 is 9.05 Å². The molecule has 15 heavy (non-hydrogen) atoms. The molecule has 0 unspecified atom stereocenters. The zero-order valence-corrected chi connectivity index (χ0v) is 10.1. The van der Waals surface area contributed by atoms with Gasteiger partial charge in [-0.25, -0.2) is 8.42 Å². The molecule has 4 nitrogen and oxygen atoms in total. The highest BCUT2D eigenvalue weighted by molar-refractivity contribution is 8.13. The smallest absolute Gasteiger partial charge is 0.264 e. The average Bonchev–Trinajstić information content (AvgIpc) is 2.69.